The Morgan fingerprint density at radius 3 is 2.52 bits per heavy atom. The number of nitrogens with zero attached hydrogens (tertiary/aromatic N) is 2. The van der Waals surface area contributed by atoms with E-state index in [1.165, 1.54) is 11.3 Å². The van der Waals surface area contributed by atoms with E-state index in [2.05, 4.69) is 19.2 Å². The molecule has 40 heavy (non-hydrogen) atoms. The number of carbonyl (C=O) groups excluding carboxylic acids is 2. The molecule has 8 nitrogen and oxygen atoms in total. The standard InChI is InChI=1S/C31H43N3O5S/c1-19-10-13-34(14-11-19)27(38)16-22-28-23(17-24-30(22,2)12-9-25(36)31(24,3)18-35)40-29(33-28)32-26(37)15-20-5-7-21(39-4)8-6-20/h5-8,19,22,24-25,35-36H,9-18H2,1-4H3,(H,32,33,37)/t22-,24+,25-,30+,31+/m1/s1. The topological polar surface area (TPSA) is 112 Å². The fraction of sp³-hybridized carbons (Fsp3) is 0.645. The smallest absolute Gasteiger partial charge is 0.230 e. The molecule has 0 unspecified atom stereocenters. The zero-order chi connectivity index (χ0) is 28.7. The lowest BCUT2D eigenvalue weighted by molar-refractivity contribution is -0.147. The Kier molecular flexibility index (Phi) is 8.28. The van der Waals surface area contributed by atoms with E-state index in [0.717, 1.165) is 54.2 Å². The van der Waals surface area contributed by atoms with Gasteiger partial charge in [0, 0.05) is 35.7 Å². The van der Waals surface area contributed by atoms with E-state index < -0.39 is 11.5 Å². The Balaban J connectivity index is 1.42. The van der Waals surface area contributed by atoms with Gasteiger partial charge < -0.3 is 25.2 Å². The summed E-state index contributed by atoms with van der Waals surface area (Å²) in [5, 5.41) is 25.1. The molecule has 1 saturated carbocycles. The van der Waals surface area contributed by atoms with Gasteiger partial charge in [-0.2, -0.15) is 0 Å². The molecular formula is C31H43N3O5S. The van der Waals surface area contributed by atoms with Crippen molar-refractivity contribution in [3.05, 3.63) is 40.4 Å². The minimum absolute atomic E-state index is 0.0104. The van der Waals surface area contributed by atoms with Gasteiger partial charge in [0.05, 0.1) is 31.9 Å². The van der Waals surface area contributed by atoms with E-state index in [0.29, 0.717) is 30.3 Å². The van der Waals surface area contributed by atoms with Crippen LogP contribution in [0.3, 0.4) is 0 Å². The Hall–Kier alpha value is -2.49. The average molecular weight is 570 g/mol. The molecule has 1 aromatic carbocycles. The lowest BCUT2D eigenvalue weighted by Gasteiger charge is -2.58. The van der Waals surface area contributed by atoms with Gasteiger partial charge in [-0.05, 0) is 67.1 Å². The number of carbonyl (C=O) groups is 2. The number of fused-ring (bicyclic) bond motifs is 2. The number of anilines is 1. The maximum atomic E-state index is 13.7. The van der Waals surface area contributed by atoms with E-state index in [-0.39, 0.29) is 42.1 Å². The van der Waals surface area contributed by atoms with E-state index in [1.54, 1.807) is 7.11 Å². The Morgan fingerprint density at radius 1 is 1.18 bits per heavy atom. The van der Waals surface area contributed by atoms with Crippen LogP contribution in [-0.4, -0.2) is 64.8 Å². The number of ether oxygens (including phenoxy) is 1. The Labute approximate surface area is 241 Å². The first-order chi connectivity index (χ1) is 19.1. The van der Waals surface area contributed by atoms with Crippen molar-refractivity contribution in [2.75, 3.05) is 32.1 Å². The van der Waals surface area contributed by atoms with Gasteiger partial charge in [-0.1, -0.05) is 32.9 Å². The predicted octanol–water partition coefficient (Wildman–Crippen LogP) is 4.40. The number of thiazole rings is 1. The number of amides is 2. The molecule has 1 aromatic heterocycles. The SMILES string of the molecule is COc1ccc(CC(=O)Nc2nc3c(s2)C[C@@H]2[C@](C)(CO)[C@H](O)CC[C@@]2(C)[C@@H]3CC(=O)N2CCC(C)CC2)cc1. The quantitative estimate of drug-likeness (QED) is 0.456. The summed E-state index contributed by atoms with van der Waals surface area (Å²) in [6.45, 7) is 7.90. The minimum atomic E-state index is -0.672. The first-order valence-corrected chi connectivity index (χ1v) is 15.4. The molecular weight excluding hydrogens is 526 g/mol. The van der Waals surface area contributed by atoms with Crippen molar-refractivity contribution in [3.63, 3.8) is 0 Å². The summed E-state index contributed by atoms with van der Waals surface area (Å²) in [6.07, 6.45) is 4.04. The molecule has 9 heteroatoms. The van der Waals surface area contributed by atoms with Gasteiger partial charge in [-0.25, -0.2) is 4.98 Å². The number of rotatable bonds is 7. The molecule has 0 radical (unpaired) electrons. The molecule has 3 N–H and O–H groups in total. The van der Waals surface area contributed by atoms with Crippen LogP contribution in [0.1, 0.15) is 74.9 Å². The number of piperidine rings is 1. The zero-order valence-corrected chi connectivity index (χ0v) is 24.9. The maximum Gasteiger partial charge on any atom is 0.230 e. The summed E-state index contributed by atoms with van der Waals surface area (Å²) in [5.41, 5.74) is 0.805. The van der Waals surface area contributed by atoms with Crippen LogP contribution in [0, 0.1) is 22.7 Å². The third-order valence-electron chi connectivity index (χ3n) is 10.2. The largest absolute Gasteiger partial charge is 0.497 e. The number of hydrogen-bond donors (Lipinski definition) is 3. The minimum Gasteiger partial charge on any atom is -0.497 e. The number of aliphatic hydroxyl groups is 2. The second-order valence-electron chi connectivity index (χ2n) is 12.7. The number of aliphatic hydroxyl groups excluding tert-OH is 2. The van der Waals surface area contributed by atoms with Gasteiger partial charge in [-0.15, -0.1) is 11.3 Å². The molecule has 0 bridgehead atoms. The fourth-order valence-electron chi connectivity index (χ4n) is 7.35. The first kappa shape index (κ1) is 29.0. The average Bonchev–Trinajstić information content (AvgIpc) is 3.34. The maximum absolute atomic E-state index is 13.7. The van der Waals surface area contributed by atoms with Gasteiger partial charge in [-0.3, -0.25) is 9.59 Å². The van der Waals surface area contributed by atoms with E-state index in [9.17, 15) is 19.8 Å². The molecule has 5 rings (SSSR count). The number of nitrogens with one attached hydrogen (secondary N) is 1. The summed E-state index contributed by atoms with van der Waals surface area (Å²) < 4.78 is 5.21. The molecule has 2 heterocycles. The summed E-state index contributed by atoms with van der Waals surface area (Å²) >= 11 is 1.46. The molecule has 1 saturated heterocycles. The van der Waals surface area contributed by atoms with Crippen LogP contribution in [0.4, 0.5) is 5.13 Å². The first-order valence-electron chi connectivity index (χ1n) is 14.6. The van der Waals surface area contributed by atoms with Gasteiger partial charge in [0.1, 0.15) is 5.75 Å². The lowest BCUT2D eigenvalue weighted by atomic mass is 9.47. The molecule has 218 valence electrons. The lowest BCUT2D eigenvalue weighted by Crippen LogP contribution is -2.57. The summed E-state index contributed by atoms with van der Waals surface area (Å²) in [5.74, 6) is 1.23. The molecule has 2 aromatic rings. The van der Waals surface area contributed by atoms with Crippen molar-refractivity contribution in [1.82, 2.24) is 9.88 Å². The number of likely N-dealkylation sites (tertiary alicyclic amines) is 1. The molecule has 2 fully saturated rings. The fourth-order valence-corrected chi connectivity index (χ4v) is 8.44. The van der Waals surface area contributed by atoms with Gasteiger partial charge in [0.15, 0.2) is 5.13 Å². The third-order valence-corrected chi connectivity index (χ3v) is 11.2. The highest BCUT2D eigenvalue weighted by molar-refractivity contribution is 7.15. The van der Waals surface area contributed by atoms with E-state index in [1.807, 2.05) is 36.1 Å². The van der Waals surface area contributed by atoms with Crippen molar-refractivity contribution in [2.24, 2.45) is 22.7 Å². The zero-order valence-electron chi connectivity index (χ0n) is 24.1. The molecule has 1 aliphatic heterocycles. The second-order valence-corrected chi connectivity index (χ2v) is 13.8. The molecule has 3 aliphatic rings. The van der Waals surface area contributed by atoms with Crippen LogP contribution in [0.5, 0.6) is 5.75 Å². The second kappa shape index (κ2) is 11.4. The van der Waals surface area contributed by atoms with Crippen LogP contribution < -0.4 is 10.1 Å². The van der Waals surface area contributed by atoms with Crippen LogP contribution >= 0.6 is 11.3 Å². The van der Waals surface area contributed by atoms with Crippen LogP contribution in [0.15, 0.2) is 24.3 Å². The van der Waals surface area contributed by atoms with Crippen LogP contribution in [0.2, 0.25) is 0 Å². The van der Waals surface area contributed by atoms with Crippen molar-refractivity contribution < 1.29 is 24.5 Å². The van der Waals surface area contributed by atoms with Crippen molar-refractivity contribution in [3.8, 4) is 5.75 Å². The van der Waals surface area contributed by atoms with E-state index >= 15 is 0 Å². The highest BCUT2D eigenvalue weighted by atomic mass is 32.1. The monoisotopic (exact) mass is 569 g/mol. The van der Waals surface area contributed by atoms with Crippen LogP contribution in [-0.2, 0) is 22.4 Å². The predicted molar refractivity (Wildman–Crippen MR) is 156 cm³/mol. The number of benzene rings is 1. The Morgan fingerprint density at radius 2 is 1.88 bits per heavy atom. The van der Waals surface area contributed by atoms with Crippen molar-refractivity contribution >= 4 is 28.3 Å². The number of aromatic nitrogens is 1. The van der Waals surface area contributed by atoms with Gasteiger partial charge >= 0.3 is 0 Å². The highest BCUT2D eigenvalue weighted by Gasteiger charge is 2.59. The highest BCUT2D eigenvalue weighted by Crippen LogP contribution is 2.63. The van der Waals surface area contributed by atoms with Gasteiger partial charge in [0.2, 0.25) is 11.8 Å². The molecule has 2 amide bonds. The van der Waals surface area contributed by atoms with E-state index in [4.69, 9.17) is 9.72 Å². The molecule has 2 aliphatic carbocycles. The molecule has 0 spiro atoms. The summed E-state index contributed by atoms with van der Waals surface area (Å²) in [7, 11) is 1.61. The van der Waals surface area contributed by atoms with Gasteiger partial charge in [0.25, 0.3) is 0 Å². The number of methoxy groups -OCH3 is 1. The Bertz CT molecular complexity index is 1220. The number of hydrogen-bond acceptors (Lipinski definition) is 7. The summed E-state index contributed by atoms with van der Waals surface area (Å²) in [4.78, 5) is 34.6. The van der Waals surface area contributed by atoms with Crippen molar-refractivity contribution in [2.45, 2.75) is 77.7 Å². The normalized spacial score (nSPS) is 30.4. The molecule has 5 atom stereocenters. The summed E-state index contributed by atoms with van der Waals surface area (Å²) in [6, 6.07) is 7.43. The third kappa shape index (κ3) is 5.40. The van der Waals surface area contributed by atoms with Crippen molar-refractivity contribution in [1.29, 1.82) is 0 Å². The van der Waals surface area contributed by atoms with Crippen LogP contribution in [0.25, 0.3) is 0 Å².